The van der Waals surface area contributed by atoms with E-state index in [1.54, 1.807) is 25.2 Å². The summed E-state index contributed by atoms with van der Waals surface area (Å²) >= 11 is 6.01. The number of carbonyl (C=O) groups is 2. The Hall–Kier alpha value is -1.59. The zero-order valence-corrected chi connectivity index (χ0v) is 13.2. The molecule has 1 aromatic carbocycles. The van der Waals surface area contributed by atoms with Crippen molar-refractivity contribution in [3.05, 3.63) is 34.3 Å². The van der Waals surface area contributed by atoms with Gasteiger partial charge in [0.05, 0.1) is 0 Å². The van der Waals surface area contributed by atoms with Gasteiger partial charge in [0.2, 0.25) is 5.91 Å². The molecule has 4 N–H and O–H groups in total. The zero-order valence-electron chi connectivity index (χ0n) is 12.4. The van der Waals surface area contributed by atoms with Gasteiger partial charge < -0.3 is 16.4 Å². The Morgan fingerprint density at radius 1 is 1.33 bits per heavy atom. The molecule has 2 amide bonds. The number of hydrogen-bond acceptors (Lipinski definition) is 3. The Morgan fingerprint density at radius 3 is 2.62 bits per heavy atom. The largest absolute Gasteiger partial charge is 0.357 e. The van der Waals surface area contributed by atoms with Crippen molar-refractivity contribution in [3.8, 4) is 0 Å². The number of aryl methyl sites for hydroxylation is 1. The van der Waals surface area contributed by atoms with E-state index >= 15 is 0 Å². The molecule has 0 bridgehead atoms. The Morgan fingerprint density at radius 2 is 2.05 bits per heavy atom. The highest BCUT2D eigenvalue weighted by atomic mass is 35.5. The lowest BCUT2D eigenvalue weighted by Gasteiger charge is -2.17. The lowest BCUT2D eigenvalue weighted by Crippen LogP contribution is -2.45. The summed E-state index contributed by atoms with van der Waals surface area (Å²) < 4.78 is 0. The molecule has 0 saturated carbocycles. The molecule has 0 unspecified atom stereocenters. The average molecular weight is 312 g/mol. The summed E-state index contributed by atoms with van der Waals surface area (Å²) in [6.07, 6.45) is 2.16. The van der Waals surface area contributed by atoms with Gasteiger partial charge in [-0.3, -0.25) is 9.59 Å². The lowest BCUT2D eigenvalue weighted by atomic mass is 10.1. The van der Waals surface area contributed by atoms with E-state index in [1.165, 1.54) is 0 Å². The van der Waals surface area contributed by atoms with Crippen LogP contribution in [0.3, 0.4) is 0 Å². The summed E-state index contributed by atoms with van der Waals surface area (Å²) in [6.45, 7) is 2.44. The lowest BCUT2D eigenvalue weighted by molar-refractivity contribution is -0.122. The van der Waals surface area contributed by atoms with E-state index in [0.717, 1.165) is 18.4 Å². The monoisotopic (exact) mass is 311 g/mol. The van der Waals surface area contributed by atoms with Crippen molar-refractivity contribution in [2.24, 2.45) is 5.73 Å². The van der Waals surface area contributed by atoms with Gasteiger partial charge in [-0.05, 0) is 50.4 Å². The van der Waals surface area contributed by atoms with E-state index < -0.39 is 6.04 Å². The number of unbranched alkanes of at least 4 members (excludes halogenated alkanes) is 1. The smallest absolute Gasteiger partial charge is 0.251 e. The first-order valence-corrected chi connectivity index (χ1v) is 7.36. The Labute approximate surface area is 130 Å². The Balaban J connectivity index is 2.74. The van der Waals surface area contributed by atoms with Gasteiger partial charge in [0.1, 0.15) is 6.04 Å². The van der Waals surface area contributed by atoms with Gasteiger partial charge >= 0.3 is 0 Å². The third-order valence-corrected chi connectivity index (χ3v) is 3.66. The maximum Gasteiger partial charge on any atom is 0.251 e. The number of hydrogen-bond donors (Lipinski definition) is 3. The van der Waals surface area contributed by atoms with Crippen molar-refractivity contribution in [2.45, 2.75) is 32.2 Å². The third-order valence-electron chi connectivity index (χ3n) is 3.25. The number of nitrogens with one attached hydrogen (secondary N) is 2. The number of carbonyl (C=O) groups excluding carboxylic acids is 2. The second kappa shape index (κ2) is 8.64. The number of nitrogens with two attached hydrogens (primary N) is 1. The zero-order chi connectivity index (χ0) is 15.8. The maximum absolute atomic E-state index is 12.2. The van der Waals surface area contributed by atoms with Crippen molar-refractivity contribution in [3.63, 3.8) is 0 Å². The van der Waals surface area contributed by atoms with Crippen molar-refractivity contribution in [1.82, 2.24) is 10.6 Å². The van der Waals surface area contributed by atoms with Crippen LogP contribution in [0.15, 0.2) is 18.2 Å². The predicted molar refractivity (Wildman–Crippen MR) is 84.4 cm³/mol. The minimum atomic E-state index is -0.561. The molecular weight excluding hydrogens is 290 g/mol. The Bertz CT molecular complexity index is 506. The first kappa shape index (κ1) is 17.5. The van der Waals surface area contributed by atoms with Crippen LogP contribution in [0.1, 0.15) is 35.2 Å². The number of benzene rings is 1. The van der Waals surface area contributed by atoms with Crippen LogP contribution in [-0.4, -0.2) is 31.4 Å². The molecule has 0 aliphatic heterocycles. The number of likely N-dealkylation sites (N-methyl/N-ethyl adjacent to an activating group) is 1. The van der Waals surface area contributed by atoms with Crippen molar-refractivity contribution in [2.75, 3.05) is 13.6 Å². The molecule has 0 heterocycles. The maximum atomic E-state index is 12.2. The molecular formula is C15H22ClN3O2. The van der Waals surface area contributed by atoms with Gasteiger partial charge in [-0.2, -0.15) is 0 Å². The van der Waals surface area contributed by atoms with Gasteiger partial charge in [0.25, 0.3) is 5.91 Å². The van der Waals surface area contributed by atoms with E-state index in [-0.39, 0.29) is 11.8 Å². The summed E-state index contributed by atoms with van der Waals surface area (Å²) in [4.78, 5) is 24.0. The quantitative estimate of drug-likeness (QED) is 0.669. The molecule has 0 saturated heterocycles. The third kappa shape index (κ3) is 5.36. The van der Waals surface area contributed by atoms with Crippen LogP contribution in [0.5, 0.6) is 0 Å². The standard InChI is InChI=1S/C15H22ClN3O2/c1-10-6-7-11(9-12(10)16)14(20)19-13(15(21)18-2)5-3-4-8-17/h6-7,9,13H,3-5,8,17H2,1-2H3,(H,18,21)(H,19,20)/t13-/m1/s1. The number of amides is 2. The van der Waals surface area contributed by atoms with Crippen LogP contribution in [0, 0.1) is 6.92 Å². The molecule has 1 atom stereocenters. The summed E-state index contributed by atoms with van der Waals surface area (Å²) in [5.74, 6) is -0.517. The fourth-order valence-corrected chi connectivity index (χ4v) is 2.09. The van der Waals surface area contributed by atoms with Gasteiger partial charge in [-0.25, -0.2) is 0 Å². The van der Waals surface area contributed by atoms with Crippen LogP contribution < -0.4 is 16.4 Å². The highest BCUT2D eigenvalue weighted by Crippen LogP contribution is 2.16. The van der Waals surface area contributed by atoms with E-state index in [9.17, 15) is 9.59 Å². The highest BCUT2D eigenvalue weighted by molar-refractivity contribution is 6.31. The second-order valence-electron chi connectivity index (χ2n) is 4.89. The first-order valence-electron chi connectivity index (χ1n) is 6.98. The molecule has 0 radical (unpaired) electrons. The average Bonchev–Trinajstić information content (AvgIpc) is 2.48. The summed E-state index contributed by atoms with van der Waals surface area (Å²) in [7, 11) is 1.55. The van der Waals surface area contributed by atoms with Gasteiger partial charge in [0, 0.05) is 17.6 Å². The van der Waals surface area contributed by atoms with E-state index in [1.807, 2.05) is 6.92 Å². The van der Waals surface area contributed by atoms with Gasteiger partial charge in [-0.1, -0.05) is 17.7 Å². The second-order valence-corrected chi connectivity index (χ2v) is 5.30. The van der Waals surface area contributed by atoms with Crippen LogP contribution in [0.2, 0.25) is 5.02 Å². The molecule has 0 aromatic heterocycles. The molecule has 5 nitrogen and oxygen atoms in total. The molecule has 21 heavy (non-hydrogen) atoms. The summed E-state index contributed by atoms with van der Waals surface area (Å²) in [5, 5.41) is 5.83. The van der Waals surface area contributed by atoms with Crippen LogP contribution >= 0.6 is 11.6 Å². The van der Waals surface area contributed by atoms with Gasteiger partial charge in [-0.15, -0.1) is 0 Å². The fraction of sp³-hybridized carbons (Fsp3) is 0.467. The minimum absolute atomic E-state index is 0.210. The molecule has 1 aromatic rings. The first-order chi connectivity index (χ1) is 9.99. The number of halogens is 1. The molecule has 1 rings (SSSR count). The molecule has 6 heteroatoms. The Kier molecular flexibility index (Phi) is 7.19. The van der Waals surface area contributed by atoms with E-state index in [4.69, 9.17) is 17.3 Å². The normalized spacial score (nSPS) is 11.8. The van der Waals surface area contributed by atoms with Crippen molar-refractivity contribution < 1.29 is 9.59 Å². The molecule has 0 fully saturated rings. The van der Waals surface area contributed by atoms with Crippen LogP contribution in [0.25, 0.3) is 0 Å². The molecule has 0 aliphatic carbocycles. The highest BCUT2D eigenvalue weighted by Gasteiger charge is 2.20. The van der Waals surface area contributed by atoms with E-state index in [2.05, 4.69) is 10.6 Å². The summed E-state index contributed by atoms with van der Waals surface area (Å²) in [6, 6.07) is 4.51. The topological polar surface area (TPSA) is 84.2 Å². The van der Waals surface area contributed by atoms with Crippen LogP contribution in [-0.2, 0) is 4.79 Å². The number of rotatable bonds is 7. The molecule has 116 valence electrons. The molecule has 0 aliphatic rings. The summed E-state index contributed by atoms with van der Waals surface area (Å²) in [5.41, 5.74) is 6.79. The van der Waals surface area contributed by atoms with Crippen molar-refractivity contribution in [1.29, 1.82) is 0 Å². The van der Waals surface area contributed by atoms with Crippen molar-refractivity contribution >= 4 is 23.4 Å². The van der Waals surface area contributed by atoms with Gasteiger partial charge in [0.15, 0.2) is 0 Å². The predicted octanol–water partition coefficient (Wildman–Crippen LogP) is 1.62. The minimum Gasteiger partial charge on any atom is -0.357 e. The fourth-order valence-electron chi connectivity index (χ4n) is 1.91. The van der Waals surface area contributed by atoms with E-state index in [0.29, 0.717) is 23.6 Å². The van der Waals surface area contributed by atoms with Crippen LogP contribution in [0.4, 0.5) is 0 Å². The SMILES string of the molecule is CNC(=O)[C@@H](CCCCN)NC(=O)c1ccc(C)c(Cl)c1. The molecule has 0 spiro atoms.